The molecule has 0 spiro atoms. The zero-order valence-corrected chi connectivity index (χ0v) is 20.4. The van der Waals surface area contributed by atoms with Crippen molar-refractivity contribution in [3.8, 4) is 0 Å². The van der Waals surface area contributed by atoms with Crippen LogP contribution in [0.15, 0.2) is 54.9 Å². The Bertz CT molecular complexity index is 1280. The highest BCUT2D eigenvalue weighted by atomic mass is 31.2. The number of H-pyrrole nitrogens is 1. The highest BCUT2D eigenvalue weighted by molar-refractivity contribution is 7.74. The second-order valence-corrected chi connectivity index (χ2v) is 10.4. The Labute approximate surface area is 194 Å². The molecule has 2 aromatic carbocycles. The van der Waals surface area contributed by atoms with E-state index in [1.165, 1.54) is 7.11 Å². The van der Waals surface area contributed by atoms with Crippen LogP contribution in [0.2, 0.25) is 0 Å². The smallest absolute Gasteiger partial charge is 0.263 e. The topological polar surface area (TPSA) is 97.0 Å². The van der Waals surface area contributed by atoms with Crippen molar-refractivity contribution in [2.75, 3.05) is 7.11 Å². The monoisotopic (exact) mass is 464 g/mol. The molecule has 0 radical (unpaired) electrons. The molecule has 2 heterocycles. The first kappa shape index (κ1) is 24.4. The molecule has 0 saturated carbocycles. The number of rotatable bonds is 6. The number of aromatic nitrogens is 3. The Morgan fingerprint density at radius 3 is 2.33 bits per heavy atom. The van der Waals surface area contributed by atoms with Gasteiger partial charge in [-0.05, 0) is 63.6 Å². The average Bonchev–Trinajstić information content (AvgIpc) is 3.13. The van der Waals surface area contributed by atoms with Crippen LogP contribution in [0.3, 0.4) is 0 Å². The zero-order valence-electron chi connectivity index (χ0n) is 19.5. The predicted molar refractivity (Wildman–Crippen MR) is 133 cm³/mol. The molecule has 8 heteroatoms. The summed E-state index contributed by atoms with van der Waals surface area (Å²) in [5.74, 6) is 0. The van der Waals surface area contributed by atoms with Gasteiger partial charge >= 0.3 is 0 Å². The van der Waals surface area contributed by atoms with Crippen molar-refractivity contribution in [3.63, 3.8) is 0 Å². The van der Waals surface area contributed by atoms with E-state index in [1.54, 1.807) is 18.5 Å². The van der Waals surface area contributed by atoms with Crippen LogP contribution in [0.1, 0.15) is 27.9 Å². The maximum atomic E-state index is 13.9. The van der Waals surface area contributed by atoms with E-state index < -0.39 is 7.37 Å². The zero-order chi connectivity index (χ0) is 24.0. The summed E-state index contributed by atoms with van der Waals surface area (Å²) < 4.78 is 19.5. The second kappa shape index (κ2) is 10.6. The Morgan fingerprint density at radius 2 is 1.73 bits per heavy atom. The molecule has 1 atom stereocenters. The van der Waals surface area contributed by atoms with Crippen molar-refractivity contribution >= 4 is 35.3 Å². The molecule has 0 bridgehead atoms. The maximum Gasteiger partial charge on any atom is 0.263 e. The number of aromatic amines is 1. The first-order valence-electron chi connectivity index (χ1n) is 10.5. The number of hydrogen-bond donors (Lipinski definition) is 2. The van der Waals surface area contributed by atoms with Crippen LogP contribution in [0.5, 0.6) is 0 Å². The number of fused-ring (bicyclic) bond motifs is 1. The van der Waals surface area contributed by atoms with Crippen molar-refractivity contribution in [2.45, 2.75) is 34.2 Å². The lowest BCUT2D eigenvalue weighted by Crippen LogP contribution is -2.19. The standard InChI is InChI=1S/C19H22NO2P.C6H7N3O/c1-12-6-7-18-17(11-12)19(15(4)20-18)23(21,22-5)16-9-13(2)8-14(3)10-16;10-5-7-3-6-1-2-8-9-4-6/h6-11,20H,1-5H3;1-2,4-5H,3H2,(H,7,10). The number of carbonyl (C=O) groups excluding carboxylic acids is 1. The van der Waals surface area contributed by atoms with Gasteiger partial charge < -0.3 is 14.8 Å². The van der Waals surface area contributed by atoms with Gasteiger partial charge in [-0.2, -0.15) is 10.2 Å². The normalized spacial score (nSPS) is 12.5. The molecule has 0 saturated heterocycles. The molecule has 172 valence electrons. The molecule has 4 aromatic rings. The number of nitrogens with zero attached hydrogens (tertiary/aromatic N) is 2. The lowest BCUT2D eigenvalue weighted by Gasteiger charge is -2.18. The fourth-order valence-electron chi connectivity index (χ4n) is 3.83. The van der Waals surface area contributed by atoms with Crippen LogP contribution in [-0.2, 0) is 20.4 Å². The van der Waals surface area contributed by atoms with E-state index in [0.717, 1.165) is 49.5 Å². The Morgan fingerprint density at radius 1 is 1.00 bits per heavy atom. The molecule has 0 aliphatic rings. The fourth-order valence-corrected chi connectivity index (χ4v) is 6.23. The van der Waals surface area contributed by atoms with E-state index in [4.69, 9.17) is 4.52 Å². The predicted octanol–water partition coefficient (Wildman–Crippen LogP) is 4.00. The molecule has 1 unspecified atom stereocenters. The third-order valence-electron chi connectivity index (χ3n) is 5.24. The first-order chi connectivity index (χ1) is 15.8. The van der Waals surface area contributed by atoms with E-state index in [1.807, 2.05) is 45.9 Å². The van der Waals surface area contributed by atoms with Crippen LogP contribution in [0.25, 0.3) is 10.9 Å². The third kappa shape index (κ3) is 5.56. The highest BCUT2D eigenvalue weighted by Crippen LogP contribution is 2.47. The summed E-state index contributed by atoms with van der Waals surface area (Å²) in [5, 5.41) is 12.2. The molecular formula is C25H29N4O3P. The summed E-state index contributed by atoms with van der Waals surface area (Å²) >= 11 is 0. The van der Waals surface area contributed by atoms with Gasteiger partial charge in [-0.3, -0.25) is 9.36 Å². The molecule has 33 heavy (non-hydrogen) atoms. The Balaban J connectivity index is 0.000000257. The van der Waals surface area contributed by atoms with Gasteiger partial charge in [-0.25, -0.2) is 0 Å². The molecule has 2 N–H and O–H groups in total. The summed E-state index contributed by atoms with van der Waals surface area (Å²) in [6.45, 7) is 8.55. The van der Waals surface area contributed by atoms with E-state index in [9.17, 15) is 9.36 Å². The summed E-state index contributed by atoms with van der Waals surface area (Å²) in [4.78, 5) is 13.2. The quantitative estimate of drug-likeness (QED) is 0.332. The van der Waals surface area contributed by atoms with Crippen molar-refractivity contribution in [2.24, 2.45) is 0 Å². The highest BCUT2D eigenvalue weighted by Gasteiger charge is 2.32. The summed E-state index contributed by atoms with van der Waals surface area (Å²) in [7, 11) is -1.61. The van der Waals surface area contributed by atoms with Crippen LogP contribution in [0.4, 0.5) is 0 Å². The summed E-state index contributed by atoms with van der Waals surface area (Å²) in [6, 6.07) is 14.0. The van der Waals surface area contributed by atoms with E-state index >= 15 is 0 Å². The number of hydrogen-bond acceptors (Lipinski definition) is 5. The number of benzene rings is 2. The minimum absolute atomic E-state index is 0.513. The van der Waals surface area contributed by atoms with Gasteiger partial charge in [-0.1, -0.05) is 28.8 Å². The van der Waals surface area contributed by atoms with Crippen molar-refractivity contribution in [1.82, 2.24) is 20.5 Å². The van der Waals surface area contributed by atoms with Crippen molar-refractivity contribution < 1.29 is 13.9 Å². The van der Waals surface area contributed by atoms with Crippen LogP contribution >= 0.6 is 7.37 Å². The van der Waals surface area contributed by atoms with Crippen LogP contribution < -0.4 is 15.9 Å². The lowest BCUT2D eigenvalue weighted by atomic mass is 10.2. The average molecular weight is 465 g/mol. The van der Waals surface area contributed by atoms with Gasteiger partial charge in [0.05, 0.1) is 11.5 Å². The third-order valence-corrected chi connectivity index (χ3v) is 7.86. The van der Waals surface area contributed by atoms with E-state index in [-0.39, 0.29) is 0 Å². The minimum Gasteiger partial charge on any atom is -0.358 e. The molecule has 0 aliphatic heterocycles. The Kier molecular flexibility index (Phi) is 7.79. The number of amides is 1. The Hall–Kier alpha value is -3.28. The van der Waals surface area contributed by atoms with Gasteiger partial charge in [0.25, 0.3) is 7.37 Å². The lowest BCUT2D eigenvalue weighted by molar-refractivity contribution is -0.109. The molecule has 4 rings (SSSR count). The minimum atomic E-state index is -3.15. The molecule has 0 aliphatic carbocycles. The van der Waals surface area contributed by atoms with Gasteiger partial charge in [0, 0.05) is 41.8 Å². The van der Waals surface area contributed by atoms with E-state index in [2.05, 4.69) is 38.7 Å². The molecule has 2 aromatic heterocycles. The fraction of sp³-hybridized carbons (Fsp3) is 0.240. The number of carbonyl (C=O) groups is 1. The number of nitrogens with one attached hydrogen (secondary N) is 2. The van der Waals surface area contributed by atoms with Crippen LogP contribution in [-0.4, -0.2) is 28.7 Å². The SMILES string of the molecule is COP(=O)(c1cc(C)cc(C)c1)c1c(C)[nH]c2ccc(C)cc12.O=CNCc1ccnnc1. The van der Waals surface area contributed by atoms with Gasteiger partial charge in [0.15, 0.2) is 0 Å². The molecular weight excluding hydrogens is 435 g/mol. The largest absolute Gasteiger partial charge is 0.358 e. The van der Waals surface area contributed by atoms with Crippen LogP contribution in [0, 0.1) is 27.7 Å². The second-order valence-electron chi connectivity index (χ2n) is 7.98. The van der Waals surface area contributed by atoms with Crippen molar-refractivity contribution in [3.05, 3.63) is 82.8 Å². The molecule has 1 amide bonds. The first-order valence-corrected chi connectivity index (χ1v) is 12.2. The molecule has 7 nitrogen and oxygen atoms in total. The van der Waals surface area contributed by atoms with Gasteiger partial charge in [0.2, 0.25) is 6.41 Å². The van der Waals surface area contributed by atoms with Gasteiger partial charge in [-0.15, -0.1) is 0 Å². The van der Waals surface area contributed by atoms with Gasteiger partial charge in [0.1, 0.15) is 0 Å². The van der Waals surface area contributed by atoms with Crippen molar-refractivity contribution in [1.29, 1.82) is 0 Å². The maximum absolute atomic E-state index is 13.9. The summed E-state index contributed by atoms with van der Waals surface area (Å²) in [5.41, 5.74) is 6.15. The summed E-state index contributed by atoms with van der Waals surface area (Å²) in [6.07, 6.45) is 3.85. The van der Waals surface area contributed by atoms with E-state index in [0.29, 0.717) is 13.0 Å². The number of aryl methyl sites for hydroxylation is 4. The molecule has 0 fully saturated rings.